The van der Waals surface area contributed by atoms with Crippen molar-refractivity contribution in [1.29, 1.82) is 0 Å². The van der Waals surface area contributed by atoms with E-state index in [1.54, 1.807) is 45.3 Å². The third kappa shape index (κ3) is 6.67. The molecule has 2 aromatic rings. The molecule has 0 radical (unpaired) electrons. The Balaban J connectivity index is 1.56. The monoisotopic (exact) mass is 516 g/mol. The van der Waals surface area contributed by atoms with Crippen molar-refractivity contribution in [1.82, 2.24) is 9.97 Å². The van der Waals surface area contributed by atoms with Crippen LogP contribution < -0.4 is 4.90 Å². The van der Waals surface area contributed by atoms with Gasteiger partial charge < -0.3 is 18.9 Å². The minimum absolute atomic E-state index is 0.0530. The maximum absolute atomic E-state index is 15.3. The molecule has 1 aromatic carbocycles. The Kier molecular flexibility index (Phi) is 8.19. The fourth-order valence-electron chi connectivity index (χ4n) is 3.02. The fourth-order valence-corrected chi connectivity index (χ4v) is 3.97. The molecule has 197 valence electrons. The van der Waals surface area contributed by atoms with Crippen LogP contribution in [-0.2, 0) is 25.4 Å². The van der Waals surface area contributed by atoms with E-state index in [9.17, 15) is 4.79 Å². The number of hydrogen-bond acceptors (Lipinski definition) is 8. The first kappa shape index (κ1) is 27.7. The molecule has 1 fully saturated rings. The molecule has 0 N–H and O–H groups in total. The van der Waals surface area contributed by atoms with Gasteiger partial charge in [-0.05, 0) is 29.1 Å². The Morgan fingerprint density at radius 3 is 2.33 bits per heavy atom. The van der Waals surface area contributed by atoms with Gasteiger partial charge in [-0.15, -0.1) is 18.1 Å². The number of carbonyl (C=O) groups is 1. The zero-order valence-corrected chi connectivity index (χ0v) is 23.5. The topological polar surface area (TPSA) is 86.1 Å². The van der Waals surface area contributed by atoms with E-state index < -0.39 is 13.7 Å². The fraction of sp³-hybridized carbons (Fsp3) is 0.538. The highest BCUT2D eigenvalue weighted by Crippen LogP contribution is 2.37. The van der Waals surface area contributed by atoms with E-state index in [1.807, 2.05) is 11.0 Å². The predicted octanol–water partition coefficient (Wildman–Crippen LogP) is 5.54. The standard InChI is InChI=1S/C26H37FN4O4Si/c1-25(2,3)23(32)33-17-34-30-20-14-31(15-20)24-28-12-19(13-29-24)21-11-9-10-18(22(21)27)16-35-36(7,8)26(4,5)6/h9-13H,14-17H2,1-8H3/q-1. The average molecular weight is 517 g/mol. The summed E-state index contributed by atoms with van der Waals surface area (Å²) in [4.78, 5) is 27.5. The van der Waals surface area contributed by atoms with Crippen LogP contribution in [0.15, 0.2) is 35.7 Å². The molecule has 0 saturated carbocycles. The molecule has 1 aliphatic heterocycles. The molecule has 1 aromatic heterocycles. The summed E-state index contributed by atoms with van der Waals surface area (Å²) in [5, 5.41) is 4.03. The number of aromatic nitrogens is 2. The minimum Gasteiger partial charge on any atom is -0.561 e. The molecule has 1 saturated heterocycles. The first-order chi connectivity index (χ1) is 16.7. The number of hydrogen-bond donors (Lipinski definition) is 0. The molecule has 3 rings (SSSR count). The van der Waals surface area contributed by atoms with Crippen LogP contribution in [0.2, 0.25) is 18.1 Å². The van der Waals surface area contributed by atoms with Gasteiger partial charge in [0.05, 0.1) is 24.2 Å². The van der Waals surface area contributed by atoms with E-state index in [1.165, 1.54) is 0 Å². The van der Waals surface area contributed by atoms with E-state index in [-0.39, 0.29) is 30.2 Å². The molecule has 0 atom stereocenters. The van der Waals surface area contributed by atoms with Crippen molar-refractivity contribution in [2.75, 3.05) is 24.8 Å². The number of oxime groups is 1. The Morgan fingerprint density at radius 2 is 1.75 bits per heavy atom. The van der Waals surface area contributed by atoms with E-state index in [0.717, 1.165) is 5.71 Å². The van der Waals surface area contributed by atoms with E-state index in [0.29, 0.717) is 35.7 Å². The molecule has 8 nitrogen and oxygen atoms in total. The molecule has 0 aliphatic carbocycles. The van der Waals surface area contributed by atoms with Gasteiger partial charge in [0, 0.05) is 35.7 Å². The maximum Gasteiger partial charge on any atom is 0.314 e. The quantitative estimate of drug-likeness (QED) is 0.150. The van der Waals surface area contributed by atoms with Crippen molar-refractivity contribution in [3.05, 3.63) is 42.0 Å². The summed E-state index contributed by atoms with van der Waals surface area (Å²) in [7, 11) is -1.99. The first-order valence-corrected chi connectivity index (χ1v) is 14.9. The van der Waals surface area contributed by atoms with Crippen molar-refractivity contribution < 1.29 is 23.2 Å². The summed E-state index contributed by atoms with van der Waals surface area (Å²) < 4.78 is 26.5. The zero-order valence-electron chi connectivity index (χ0n) is 22.5. The van der Waals surface area contributed by atoms with E-state index in [2.05, 4.69) is 49.0 Å². The van der Waals surface area contributed by atoms with Gasteiger partial charge in [0.15, 0.2) is 0 Å². The number of rotatable bonds is 8. The number of esters is 1. The number of halogens is 1. The van der Waals surface area contributed by atoms with Gasteiger partial charge in [-0.3, -0.25) is 4.79 Å². The second-order valence-electron chi connectivity index (χ2n) is 11.5. The normalized spacial score (nSPS) is 14.4. The molecule has 10 heteroatoms. The Bertz CT molecular complexity index is 1100. The van der Waals surface area contributed by atoms with Gasteiger partial charge >= 0.3 is 5.97 Å². The molecule has 2 heterocycles. The number of anilines is 1. The highest BCUT2D eigenvalue weighted by atomic mass is 28.4. The summed E-state index contributed by atoms with van der Waals surface area (Å²) in [5.41, 5.74) is 1.77. The van der Waals surface area contributed by atoms with Gasteiger partial charge in [0.2, 0.25) is 5.95 Å². The highest BCUT2D eigenvalue weighted by Gasteiger charge is 2.27. The van der Waals surface area contributed by atoms with Crippen molar-refractivity contribution in [3.8, 4) is 11.1 Å². The van der Waals surface area contributed by atoms with Gasteiger partial charge in [0.1, 0.15) is 5.82 Å². The largest absolute Gasteiger partial charge is 0.561 e. The maximum atomic E-state index is 15.3. The molecule has 0 bridgehead atoms. The van der Waals surface area contributed by atoms with Crippen LogP contribution in [0.3, 0.4) is 0 Å². The lowest BCUT2D eigenvalue weighted by Crippen LogP contribution is -2.48. The van der Waals surface area contributed by atoms with Crippen molar-refractivity contribution in [2.45, 2.75) is 66.3 Å². The number of benzene rings is 1. The van der Waals surface area contributed by atoms with Gasteiger partial charge in [-0.25, -0.2) is 14.4 Å². The van der Waals surface area contributed by atoms with Crippen LogP contribution in [0.4, 0.5) is 10.3 Å². The molecule has 0 amide bonds. The van der Waals surface area contributed by atoms with Crippen molar-refractivity contribution in [3.63, 3.8) is 0 Å². The van der Waals surface area contributed by atoms with Gasteiger partial charge in [-0.1, -0.05) is 44.1 Å². The summed E-state index contributed by atoms with van der Waals surface area (Å²) in [6.45, 7) is 17.1. The molecular weight excluding hydrogens is 479 g/mol. The lowest BCUT2D eigenvalue weighted by atomic mass is 9.98. The average Bonchev–Trinajstić information content (AvgIpc) is 2.76. The molecular formula is C26H37FN4O4Si-. The lowest BCUT2D eigenvalue weighted by molar-refractivity contribution is -0.165. The lowest BCUT2D eigenvalue weighted by Gasteiger charge is -2.48. The molecule has 0 unspecified atom stereocenters. The first-order valence-electron chi connectivity index (χ1n) is 12.0. The zero-order chi connectivity index (χ0) is 26.7. The Morgan fingerprint density at radius 1 is 1.11 bits per heavy atom. The SMILES string of the molecule is CC(C)(C)C(=O)OCON=C1CN(c2ncc(-c3cccc(CO[Si-](C)(C)C(C)(C)C)c3F)cn2)C1. The van der Waals surface area contributed by atoms with Crippen LogP contribution in [0.1, 0.15) is 47.1 Å². The second kappa shape index (κ2) is 10.6. The third-order valence-electron chi connectivity index (χ3n) is 6.50. The van der Waals surface area contributed by atoms with Crippen molar-refractivity contribution in [2.24, 2.45) is 10.6 Å². The molecule has 0 spiro atoms. The van der Waals surface area contributed by atoms with Gasteiger partial charge in [-0.2, -0.15) is 0 Å². The summed E-state index contributed by atoms with van der Waals surface area (Å²) in [6.07, 6.45) is 3.24. The highest BCUT2D eigenvalue weighted by molar-refractivity contribution is 6.74. The van der Waals surface area contributed by atoms with Crippen LogP contribution in [0, 0.1) is 11.2 Å². The van der Waals surface area contributed by atoms with Crippen LogP contribution in [-0.4, -0.2) is 49.8 Å². The summed E-state index contributed by atoms with van der Waals surface area (Å²) in [5.74, 6) is -0.138. The Hall–Kier alpha value is -2.85. The third-order valence-corrected chi connectivity index (χ3v) is 11.0. The molecule has 36 heavy (non-hydrogen) atoms. The predicted molar refractivity (Wildman–Crippen MR) is 141 cm³/mol. The summed E-state index contributed by atoms with van der Waals surface area (Å²) >= 11 is 0. The summed E-state index contributed by atoms with van der Waals surface area (Å²) in [6, 6.07) is 5.31. The molecule has 1 aliphatic rings. The number of carbonyl (C=O) groups excluding carboxylic acids is 1. The number of nitrogens with zero attached hydrogens (tertiary/aromatic N) is 4. The Labute approximate surface area is 214 Å². The van der Waals surface area contributed by atoms with Crippen LogP contribution in [0.5, 0.6) is 0 Å². The van der Waals surface area contributed by atoms with Crippen molar-refractivity contribution >= 4 is 25.9 Å². The smallest absolute Gasteiger partial charge is 0.314 e. The van der Waals surface area contributed by atoms with Crippen LogP contribution in [0.25, 0.3) is 11.1 Å². The second-order valence-corrected chi connectivity index (χ2v) is 16.4. The van der Waals surface area contributed by atoms with E-state index >= 15 is 4.39 Å². The number of ether oxygens (including phenoxy) is 1. The minimum atomic E-state index is -1.99. The van der Waals surface area contributed by atoms with E-state index in [4.69, 9.17) is 14.0 Å². The van der Waals surface area contributed by atoms with Crippen LogP contribution >= 0.6 is 0 Å². The van der Waals surface area contributed by atoms with Gasteiger partial charge in [0.25, 0.3) is 6.79 Å².